The lowest BCUT2D eigenvalue weighted by Gasteiger charge is -2.32. The van der Waals surface area contributed by atoms with Gasteiger partial charge in [-0.05, 0) is 50.7 Å². The van der Waals surface area contributed by atoms with Crippen molar-refractivity contribution < 1.29 is 4.79 Å². The lowest BCUT2D eigenvalue weighted by Crippen LogP contribution is -2.48. The van der Waals surface area contributed by atoms with E-state index in [0.717, 1.165) is 25.9 Å². The van der Waals surface area contributed by atoms with E-state index in [-0.39, 0.29) is 5.91 Å². The van der Waals surface area contributed by atoms with Gasteiger partial charge in [-0.1, -0.05) is 20.8 Å². The highest BCUT2D eigenvalue weighted by Crippen LogP contribution is 2.15. The predicted molar refractivity (Wildman–Crippen MR) is 79.9 cm³/mol. The van der Waals surface area contributed by atoms with Crippen molar-refractivity contribution in [2.24, 2.45) is 17.6 Å². The molecule has 3 N–H and O–H groups in total. The number of likely N-dealkylation sites (N-methyl/N-ethyl adjacent to an activating group) is 1. The van der Waals surface area contributed by atoms with Gasteiger partial charge in [-0.2, -0.15) is 0 Å². The largest absolute Gasteiger partial charge is 0.352 e. The first-order valence-electron chi connectivity index (χ1n) is 7.76. The Morgan fingerprint density at radius 1 is 1.47 bits per heavy atom. The molecule has 1 heterocycles. The second kappa shape index (κ2) is 8.54. The number of hydrogen-bond acceptors (Lipinski definition) is 3. The maximum Gasteiger partial charge on any atom is 0.220 e. The molecule has 0 spiro atoms. The third-order valence-electron chi connectivity index (χ3n) is 3.93. The van der Waals surface area contributed by atoms with Gasteiger partial charge in [0.2, 0.25) is 5.91 Å². The minimum absolute atomic E-state index is 0.180. The van der Waals surface area contributed by atoms with Gasteiger partial charge >= 0.3 is 0 Å². The fraction of sp³-hybridized carbons (Fsp3) is 0.933. The van der Waals surface area contributed by atoms with Crippen LogP contribution in [0.1, 0.15) is 46.5 Å². The summed E-state index contributed by atoms with van der Waals surface area (Å²) in [7, 11) is 0. The Morgan fingerprint density at radius 2 is 2.21 bits per heavy atom. The van der Waals surface area contributed by atoms with Crippen LogP contribution in [0.5, 0.6) is 0 Å². The number of piperidine rings is 1. The van der Waals surface area contributed by atoms with Gasteiger partial charge in [-0.3, -0.25) is 4.79 Å². The Morgan fingerprint density at radius 3 is 2.79 bits per heavy atom. The summed E-state index contributed by atoms with van der Waals surface area (Å²) in [4.78, 5) is 14.5. The average molecular weight is 269 g/mol. The third-order valence-corrected chi connectivity index (χ3v) is 3.93. The monoisotopic (exact) mass is 269 g/mol. The molecule has 1 fully saturated rings. The van der Waals surface area contributed by atoms with Crippen LogP contribution < -0.4 is 11.1 Å². The lowest BCUT2D eigenvalue weighted by atomic mass is 9.93. The molecule has 4 heteroatoms. The van der Waals surface area contributed by atoms with Crippen molar-refractivity contribution in [2.75, 3.05) is 26.2 Å². The quantitative estimate of drug-likeness (QED) is 0.738. The van der Waals surface area contributed by atoms with E-state index in [1.54, 1.807) is 0 Å². The fourth-order valence-electron chi connectivity index (χ4n) is 2.94. The Labute approximate surface area is 118 Å². The summed E-state index contributed by atoms with van der Waals surface area (Å²) in [5.74, 6) is 1.11. The number of likely N-dealkylation sites (tertiary alicyclic amines) is 1. The first-order chi connectivity index (χ1) is 9.05. The zero-order chi connectivity index (χ0) is 14.3. The molecule has 4 nitrogen and oxygen atoms in total. The van der Waals surface area contributed by atoms with Crippen LogP contribution in [0.3, 0.4) is 0 Å². The van der Waals surface area contributed by atoms with Crippen molar-refractivity contribution in [3.05, 3.63) is 0 Å². The van der Waals surface area contributed by atoms with Crippen molar-refractivity contribution in [2.45, 2.75) is 52.5 Å². The molecule has 0 aromatic heterocycles. The molecule has 19 heavy (non-hydrogen) atoms. The molecule has 2 atom stereocenters. The summed E-state index contributed by atoms with van der Waals surface area (Å²) in [6, 6.07) is 0.332. The van der Waals surface area contributed by atoms with E-state index in [1.165, 1.54) is 13.0 Å². The van der Waals surface area contributed by atoms with Gasteiger partial charge in [0.25, 0.3) is 0 Å². The SMILES string of the molecule is CCN1CCCC(NC(=O)C[C@@H](CN)CC(C)C)C1. The molecule has 1 amide bonds. The molecule has 1 aliphatic heterocycles. The molecular weight excluding hydrogens is 238 g/mol. The van der Waals surface area contributed by atoms with Crippen LogP contribution >= 0.6 is 0 Å². The summed E-state index contributed by atoms with van der Waals surface area (Å²) < 4.78 is 0. The third kappa shape index (κ3) is 6.39. The van der Waals surface area contributed by atoms with Gasteiger partial charge in [0, 0.05) is 19.0 Å². The van der Waals surface area contributed by atoms with Gasteiger partial charge in [-0.15, -0.1) is 0 Å². The number of carbonyl (C=O) groups is 1. The van der Waals surface area contributed by atoms with Crippen molar-refractivity contribution in [3.63, 3.8) is 0 Å². The van der Waals surface area contributed by atoms with Gasteiger partial charge in [0.05, 0.1) is 0 Å². The average Bonchev–Trinajstić information content (AvgIpc) is 2.37. The molecule has 112 valence electrons. The molecule has 0 bridgehead atoms. The minimum Gasteiger partial charge on any atom is -0.352 e. The Balaban J connectivity index is 2.33. The van der Waals surface area contributed by atoms with Crippen molar-refractivity contribution >= 4 is 5.91 Å². The predicted octanol–water partition coefficient (Wildman–Crippen LogP) is 1.60. The Kier molecular flexibility index (Phi) is 7.39. The summed E-state index contributed by atoms with van der Waals surface area (Å²) in [5.41, 5.74) is 5.76. The van der Waals surface area contributed by atoms with Crippen LogP contribution in [-0.2, 0) is 4.79 Å². The number of amides is 1. The number of hydrogen-bond donors (Lipinski definition) is 2. The molecule has 0 radical (unpaired) electrons. The van der Waals surface area contributed by atoms with E-state index >= 15 is 0 Å². The van der Waals surface area contributed by atoms with Crippen LogP contribution in [0.15, 0.2) is 0 Å². The number of rotatable bonds is 7. The van der Waals surface area contributed by atoms with Gasteiger partial charge in [-0.25, -0.2) is 0 Å². The van der Waals surface area contributed by atoms with E-state index in [2.05, 4.69) is 31.0 Å². The van der Waals surface area contributed by atoms with Gasteiger partial charge in [0.1, 0.15) is 0 Å². The molecule has 0 aromatic carbocycles. The standard InChI is InChI=1S/C15H31N3O/c1-4-18-7-5-6-14(11-18)17-15(19)9-13(10-16)8-12(2)3/h12-14H,4-11,16H2,1-3H3,(H,17,19)/t13-,14?/m0/s1. The first kappa shape index (κ1) is 16.4. The maximum atomic E-state index is 12.1. The maximum absolute atomic E-state index is 12.1. The van der Waals surface area contributed by atoms with Crippen LogP contribution in [0, 0.1) is 11.8 Å². The molecular formula is C15H31N3O. The fourth-order valence-corrected chi connectivity index (χ4v) is 2.94. The molecule has 0 saturated carbocycles. The summed E-state index contributed by atoms with van der Waals surface area (Å²) >= 11 is 0. The first-order valence-corrected chi connectivity index (χ1v) is 7.76. The summed E-state index contributed by atoms with van der Waals surface area (Å²) in [5, 5.41) is 3.19. The molecule has 1 aliphatic rings. The van der Waals surface area contributed by atoms with Crippen molar-refractivity contribution in [1.82, 2.24) is 10.2 Å². The van der Waals surface area contributed by atoms with E-state index in [0.29, 0.717) is 30.8 Å². The van der Waals surface area contributed by atoms with E-state index in [4.69, 9.17) is 5.73 Å². The van der Waals surface area contributed by atoms with Crippen LogP contribution in [0.25, 0.3) is 0 Å². The molecule has 1 rings (SSSR count). The zero-order valence-electron chi connectivity index (χ0n) is 12.8. The lowest BCUT2D eigenvalue weighted by molar-refractivity contribution is -0.123. The van der Waals surface area contributed by atoms with Crippen molar-refractivity contribution in [1.29, 1.82) is 0 Å². The van der Waals surface area contributed by atoms with E-state index in [9.17, 15) is 4.79 Å². The van der Waals surface area contributed by atoms with E-state index < -0.39 is 0 Å². The second-order valence-electron chi connectivity index (χ2n) is 6.24. The van der Waals surface area contributed by atoms with Crippen LogP contribution in [-0.4, -0.2) is 43.0 Å². The second-order valence-corrected chi connectivity index (χ2v) is 6.24. The Bertz CT molecular complexity index is 268. The number of nitrogens with two attached hydrogens (primary N) is 1. The zero-order valence-corrected chi connectivity index (χ0v) is 12.8. The number of nitrogens with zero attached hydrogens (tertiary/aromatic N) is 1. The normalized spacial score (nSPS) is 22.5. The molecule has 1 unspecified atom stereocenters. The molecule has 0 aromatic rings. The van der Waals surface area contributed by atoms with Crippen molar-refractivity contribution in [3.8, 4) is 0 Å². The highest BCUT2D eigenvalue weighted by atomic mass is 16.1. The van der Waals surface area contributed by atoms with Gasteiger partial charge < -0.3 is 16.0 Å². The highest BCUT2D eigenvalue weighted by molar-refractivity contribution is 5.76. The Hall–Kier alpha value is -0.610. The number of carbonyl (C=O) groups excluding carboxylic acids is 1. The topological polar surface area (TPSA) is 58.4 Å². The summed E-state index contributed by atoms with van der Waals surface area (Å²) in [6.07, 6.45) is 3.91. The van der Waals surface area contributed by atoms with Crippen LogP contribution in [0.2, 0.25) is 0 Å². The summed E-state index contributed by atoms with van der Waals surface area (Å²) in [6.45, 7) is 10.4. The molecule has 0 aliphatic carbocycles. The molecule has 1 saturated heterocycles. The van der Waals surface area contributed by atoms with Gasteiger partial charge in [0.15, 0.2) is 0 Å². The highest BCUT2D eigenvalue weighted by Gasteiger charge is 2.21. The van der Waals surface area contributed by atoms with Crippen LogP contribution in [0.4, 0.5) is 0 Å². The smallest absolute Gasteiger partial charge is 0.220 e. The minimum atomic E-state index is 0.180. The van der Waals surface area contributed by atoms with E-state index in [1.807, 2.05) is 0 Å². The number of nitrogens with one attached hydrogen (secondary N) is 1.